The van der Waals surface area contributed by atoms with Gasteiger partial charge in [-0.15, -0.1) is 0 Å². The lowest BCUT2D eigenvalue weighted by Gasteiger charge is -2.22. The van der Waals surface area contributed by atoms with Gasteiger partial charge >= 0.3 is 0 Å². The van der Waals surface area contributed by atoms with Crippen LogP contribution < -0.4 is 10.0 Å². The van der Waals surface area contributed by atoms with Gasteiger partial charge in [-0.25, -0.2) is 13.1 Å². The lowest BCUT2D eigenvalue weighted by molar-refractivity contribution is 0.350. The van der Waals surface area contributed by atoms with Crippen molar-refractivity contribution in [1.29, 1.82) is 0 Å². The van der Waals surface area contributed by atoms with Gasteiger partial charge in [-0.2, -0.15) is 0 Å². The maximum atomic E-state index is 11.5. The molecule has 0 unspecified atom stereocenters. The van der Waals surface area contributed by atoms with Crippen molar-refractivity contribution >= 4 is 10.0 Å². The van der Waals surface area contributed by atoms with Crippen molar-refractivity contribution in [3.63, 3.8) is 0 Å². The van der Waals surface area contributed by atoms with Crippen LogP contribution in [-0.2, 0) is 10.0 Å². The number of nitrogens with one attached hydrogen (secondary N) is 2. The first-order valence-corrected chi connectivity index (χ1v) is 7.16. The van der Waals surface area contributed by atoms with Crippen LogP contribution in [0.4, 0.5) is 0 Å². The van der Waals surface area contributed by atoms with E-state index in [-0.39, 0.29) is 11.2 Å². The summed E-state index contributed by atoms with van der Waals surface area (Å²) in [5.74, 6) is 0.153. The zero-order valence-corrected chi connectivity index (χ0v) is 11.1. The molecule has 0 fully saturated rings. The Bertz CT molecular complexity index is 261. The maximum Gasteiger partial charge on any atom is 0.212 e. The molecule has 5 heteroatoms. The van der Waals surface area contributed by atoms with Crippen LogP contribution in [0.25, 0.3) is 0 Å². The van der Waals surface area contributed by atoms with Crippen LogP contribution in [0, 0.1) is 5.41 Å². The Morgan fingerprint density at radius 3 is 2.27 bits per heavy atom. The van der Waals surface area contributed by atoms with Crippen molar-refractivity contribution in [2.24, 2.45) is 5.41 Å². The van der Waals surface area contributed by atoms with E-state index >= 15 is 0 Å². The largest absolute Gasteiger partial charge is 0.316 e. The first-order valence-electron chi connectivity index (χ1n) is 5.51. The average Bonchev–Trinajstić information content (AvgIpc) is 2.16. The average molecular weight is 236 g/mol. The van der Waals surface area contributed by atoms with E-state index in [4.69, 9.17) is 0 Å². The fraction of sp³-hybridized carbons (Fsp3) is 1.00. The molecule has 0 aromatic rings. The van der Waals surface area contributed by atoms with Crippen LogP contribution in [0.5, 0.6) is 0 Å². The van der Waals surface area contributed by atoms with Gasteiger partial charge in [0, 0.05) is 13.1 Å². The van der Waals surface area contributed by atoms with Gasteiger partial charge in [0.2, 0.25) is 10.0 Å². The van der Waals surface area contributed by atoms with Crippen molar-refractivity contribution in [2.45, 2.75) is 34.1 Å². The van der Waals surface area contributed by atoms with E-state index in [1.54, 1.807) is 0 Å². The molecular formula is C10H24N2O2S. The predicted molar refractivity (Wildman–Crippen MR) is 64.4 cm³/mol. The van der Waals surface area contributed by atoms with Gasteiger partial charge in [-0.1, -0.05) is 27.7 Å². The molecule has 0 amide bonds. The molecule has 15 heavy (non-hydrogen) atoms. The second kappa shape index (κ2) is 6.45. The van der Waals surface area contributed by atoms with E-state index < -0.39 is 10.0 Å². The van der Waals surface area contributed by atoms with E-state index in [1.807, 2.05) is 6.92 Å². The zero-order valence-electron chi connectivity index (χ0n) is 10.3. The third-order valence-corrected chi connectivity index (χ3v) is 3.85. The minimum atomic E-state index is -3.11. The lowest BCUT2D eigenvalue weighted by atomic mass is 9.91. The molecule has 0 aliphatic rings. The number of hydrogen-bond acceptors (Lipinski definition) is 3. The van der Waals surface area contributed by atoms with Crippen molar-refractivity contribution in [3.8, 4) is 0 Å². The minimum absolute atomic E-state index is 0.0330. The molecule has 0 rings (SSSR count). The van der Waals surface area contributed by atoms with Gasteiger partial charge in [0.25, 0.3) is 0 Å². The van der Waals surface area contributed by atoms with Crippen molar-refractivity contribution in [1.82, 2.24) is 10.0 Å². The van der Waals surface area contributed by atoms with E-state index in [0.717, 1.165) is 13.0 Å². The second-order valence-corrected chi connectivity index (χ2v) is 6.44. The minimum Gasteiger partial charge on any atom is -0.316 e. The highest BCUT2D eigenvalue weighted by Gasteiger charge is 2.18. The third kappa shape index (κ3) is 7.76. The van der Waals surface area contributed by atoms with Crippen LogP contribution in [0.1, 0.15) is 34.1 Å². The first kappa shape index (κ1) is 14.9. The monoisotopic (exact) mass is 236 g/mol. The molecule has 0 heterocycles. The highest BCUT2D eigenvalue weighted by molar-refractivity contribution is 7.89. The Labute approximate surface area is 93.9 Å². The summed E-state index contributed by atoms with van der Waals surface area (Å²) >= 11 is 0. The summed E-state index contributed by atoms with van der Waals surface area (Å²) in [6.45, 7) is 9.96. The third-order valence-electron chi connectivity index (χ3n) is 2.53. The molecule has 0 aromatic heterocycles. The molecule has 0 aromatic carbocycles. The predicted octanol–water partition coefficient (Wildman–Crippen LogP) is 0.952. The molecule has 0 bridgehead atoms. The fourth-order valence-electron chi connectivity index (χ4n) is 0.886. The molecule has 4 nitrogen and oxygen atoms in total. The van der Waals surface area contributed by atoms with E-state index in [0.29, 0.717) is 13.1 Å². The van der Waals surface area contributed by atoms with E-state index in [9.17, 15) is 8.42 Å². The molecular weight excluding hydrogens is 212 g/mol. The molecule has 92 valence electrons. The van der Waals surface area contributed by atoms with Gasteiger partial charge < -0.3 is 5.32 Å². The number of rotatable bonds is 8. The van der Waals surface area contributed by atoms with Crippen molar-refractivity contribution in [3.05, 3.63) is 0 Å². The summed E-state index contributed by atoms with van der Waals surface area (Å²) in [7, 11) is -3.11. The zero-order chi connectivity index (χ0) is 11.9. The van der Waals surface area contributed by atoms with E-state index in [1.165, 1.54) is 0 Å². The van der Waals surface area contributed by atoms with Crippen molar-refractivity contribution < 1.29 is 8.42 Å². The van der Waals surface area contributed by atoms with E-state index in [2.05, 4.69) is 30.8 Å². The lowest BCUT2D eigenvalue weighted by Crippen LogP contribution is -2.37. The summed E-state index contributed by atoms with van der Waals surface area (Å²) < 4.78 is 25.7. The quantitative estimate of drug-likeness (QED) is 0.617. The summed E-state index contributed by atoms with van der Waals surface area (Å²) in [6.07, 6.45) is 0.961. The topological polar surface area (TPSA) is 58.2 Å². The summed E-state index contributed by atoms with van der Waals surface area (Å²) in [6, 6.07) is 0. The summed E-state index contributed by atoms with van der Waals surface area (Å²) in [5, 5.41) is 3.00. The molecule has 0 spiro atoms. The van der Waals surface area contributed by atoms with Crippen LogP contribution >= 0.6 is 0 Å². The molecule has 0 atom stereocenters. The SMILES string of the molecule is CCNCCS(=O)(=O)NCC(C)(C)CC. The van der Waals surface area contributed by atoms with Crippen LogP contribution in [0.3, 0.4) is 0 Å². The highest BCUT2D eigenvalue weighted by Crippen LogP contribution is 2.17. The van der Waals surface area contributed by atoms with Gasteiger partial charge in [0.05, 0.1) is 5.75 Å². The number of hydrogen-bond donors (Lipinski definition) is 2. The Balaban J connectivity index is 3.94. The molecule has 0 saturated carbocycles. The van der Waals surface area contributed by atoms with Gasteiger partial charge in [-0.05, 0) is 18.4 Å². The van der Waals surface area contributed by atoms with Gasteiger partial charge in [-0.3, -0.25) is 0 Å². The standard InChI is InChI=1S/C10H24N2O2S/c1-5-10(3,4)9-12-15(13,14)8-7-11-6-2/h11-12H,5-9H2,1-4H3. The molecule has 0 aliphatic carbocycles. The van der Waals surface area contributed by atoms with Crippen LogP contribution in [0.2, 0.25) is 0 Å². The summed E-state index contributed by atoms with van der Waals surface area (Å²) in [4.78, 5) is 0. The highest BCUT2D eigenvalue weighted by atomic mass is 32.2. The Kier molecular flexibility index (Phi) is 6.40. The van der Waals surface area contributed by atoms with Crippen LogP contribution in [0.15, 0.2) is 0 Å². The van der Waals surface area contributed by atoms with Crippen molar-refractivity contribution in [2.75, 3.05) is 25.4 Å². The normalized spacial score (nSPS) is 13.1. The number of sulfonamides is 1. The van der Waals surface area contributed by atoms with Crippen LogP contribution in [-0.4, -0.2) is 33.8 Å². The molecule has 2 N–H and O–H groups in total. The smallest absolute Gasteiger partial charge is 0.212 e. The summed E-state index contributed by atoms with van der Waals surface area (Å²) in [5.41, 5.74) is 0.0330. The van der Waals surface area contributed by atoms with Gasteiger partial charge in [0.1, 0.15) is 0 Å². The first-order chi connectivity index (χ1) is 6.83. The fourth-order valence-corrected chi connectivity index (χ4v) is 2.05. The molecule has 0 radical (unpaired) electrons. The maximum absolute atomic E-state index is 11.5. The Hall–Kier alpha value is -0.130. The Morgan fingerprint density at radius 2 is 1.80 bits per heavy atom. The second-order valence-electron chi connectivity index (χ2n) is 4.51. The van der Waals surface area contributed by atoms with Gasteiger partial charge in [0.15, 0.2) is 0 Å². The molecule has 0 saturated heterocycles. The Morgan fingerprint density at radius 1 is 1.20 bits per heavy atom. The molecule has 0 aliphatic heterocycles.